The predicted octanol–water partition coefficient (Wildman–Crippen LogP) is 0.409. The SMILES string of the molecule is NC(=O)C1CCCN(C(=O)Cc2cscn2)C1. The van der Waals surface area contributed by atoms with Crippen molar-refractivity contribution < 1.29 is 9.59 Å². The monoisotopic (exact) mass is 253 g/mol. The molecule has 17 heavy (non-hydrogen) atoms. The lowest BCUT2D eigenvalue weighted by Gasteiger charge is -2.31. The number of nitrogens with two attached hydrogens (primary N) is 1. The van der Waals surface area contributed by atoms with E-state index in [2.05, 4.69) is 4.98 Å². The number of amides is 2. The first kappa shape index (κ1) is 12.0. The van der Waals surface area contributed by atoms with Gasteiger partial charge in [0.1, 0.15) is 0 Å². The van der Waals surface area contributed by atoms with Gasteiger partial charge in [-0.25, -0.2) is 4.98 Å². The summed E-state index contributed by atoms with van der Waals surface area (Å²) in [5.41, 5.74) is 7.78. The summed E-state index contributed by atoms with van der Waals surface area (Å²) in [6.45, 7) is 1.17. The number of nitrogens with zero attached hydrogens (tertiary/aromatic N) is 2. The van der Waals surface area contributed by atoms with Gasteiger partial charge in [-0.15, -0.1) is 11.3 Å². The molecule has 1 aromatic heterocycles. The zero-order valence-electron chi connectivity index (χ0n) is 9.46. The van der Waals surface area contributed by atoms with Crippen molar-refractivity contribution >= 4 is 23.2 Å². The molecule has 0 aromatic carbocycles. The molecular formula is C11H15N3O2S. The van der Waals surface area contributed by atoms with E-state index >= 15 is 0 Å². The Hall–Kier alpha value is -1.43. The van der Waals surface area contributed by atoms with Crippen LogP contribution in [0, 0.1) is 5.92 Å². The van der Waals surface area contributed by atoms with Crippen molar-refractivity contribution in [2.45, 2.75) is 19.3 Å². The lowest BCUT2D eigenvalue weighted by Crippen LogP contribution is -2.44. The predicted molar refractivity (Wildman–Crippen MR) is 64.3 cm³/mol. The van der Waals surface area contributed by atoms with Crippen LogP contribution >= 0.6 is 11.3 Å². The highest BCUT2D eigenvalue weighted by atomic mass is 32.1. The minimum atomic E-state index is -0.309. The molecule has 92 valence electrons. The van der Waals surface area contributed by atoms with Crippen LogP contribution in [0.15, 0.2) is 10.9 Å². The number of carbonyl (C=O) groups excluding carboxylic acids is 2. The van der Waals surface area contributed by atoms with Gasteiger partial charge in [-0.3, -0.25) is 9.59 Å². The molecular weight excluding hydrogens is 238 g/mol. The van der Waals surface area contributed by atoms with Gasteiger partial charge in [0.05, 0.1) is 23.5 Å². The second-order valence-corrected chi connectivity index (χ2v) is 4.96. The van der Waals surface area contributed by atoms with Gasteiger partial charge in [-0.05, 0) is 12.8 Å². The van der Waals surface area contributed by atoms with Crippen molar-refractivity contribution in [1.82, 2.24) is 9.88 Å². The van der Waals surface area contributed by atoms with Crippen molar-refractivity contribution in [1.29, 1.82) is 0 Å². The first-order chi connectivity index (χ1) is 8.16. The fourth-order valence-corrected chi connectivity index (χ4v) is 2.59. The largest absolute Gasteiger partial charge is 0.369 e. The molecule has 1 aromatic rings. The van der Waals surface area contributed by atoms with E-state index < -0.39 is 0 Å². The average Bonchev–Trinajstić information content (AvgIpc) is 2.82. The Balaban J connectivity index is 1.93. The van der Waals surface area contributed by atoms with Crippen LogP contribution in [0.5, 0.6) is 0 Å². The van der Waals surface area contributed by atoms with E-state index in [9.17, 15) is 9.59 Å². The second-order valence-electron chi connectivity index (χ2n) is 4.24. The van der Waals surface area contributed by atoms with E-state index in [-0.39, 0.29) is 17.7 Å². The van der Waals surface area contributed by atoms with E-state index in [4.69, 9.17) is 5.73 Å². The Labute approximate surface area is 104 Å². The Bertz CT molecular complexity index is 405. The van der Waals surface area contributed by atoms with Crippen molar-refractivity contribution in [3.05, 3.63) is 16.6 Å². The fraction of sp³-hybridized carbons (Fsp3) is 0.545. The average molecular weight is 253 g/mol. The maximum atomic E-state index is 12.0. The number of likely N-dealkylation sites (tertiary alicyclic amines) is 1. The Morgan fingerprint density at radius 1 is 1.59 bits per heavy atom. The summed E-state index contributed by atoms with van der Waals surface area (Å²) in [5.74, 6) is -0.471. The minimum Gasteiger partial charge on any atom is -0.369 e. The molecule has 0 aliphatic carbocycles. The summed E-state index contributed by atoms with van der Waals surface area (Å²) in [7, 11) is 0. The Morgan fingerprint density at radius 3 is 3.06 bits per heavy atom. The minimum absolute atomic E-state index is 0.0295. The second kappa shape index (κ2) is 5.27. The summed E-state index contributed by atoms with van der Waals surface area (Å²) in [5, 5.41) is 1.87. The van der Waals surface area contributed by atoms with Gasteiger partial charge in [-0.2, -0.15) is 0 Å². The molecule has 0 saturated carbocycles. The van der Waals surface area contributed by atoms with Gasteiger partial charge in [0.2, 0.25) is 11.8 Å². The highest BCUT2D eigenvalue weighted by molar-refractivity contribution is 7.07. The first-order valence-corrected chi connectivity index (χ1v) is 6.55. The third-order valence-corrected chi connectivity index (χ3v) is 3.63. The molecule has 0 radical (unpaired) electrons. The molecule has 1 aliphatic heterocycles. The van der Waals surface area contributed by atoms with Crippen LogP contribution in [0.2, 0.25) is 0 Å². The lowest BCUT2D eigenvalue weighted by molar-refractivity contribution is -0.134. The molecule has 1 atom stereocenters. The van der Waals surface area contributed by atoms with E-state index in [0.717, 1.165) is 18.5 Å². The van der Waals surface area contributed by atoms with E-state index in [1.807, 2.05) is 5.38 Å². The van der Waals surface area contributed by atoms with Gasteiger partial charge in [0, 0.05) is 18.5 Å². The summed E-state index contributed by atoms with van der Waals surface area (Å²) in [6, 6.07) is 0. The van der Waals surface area contributed by atoms with Crippen molar-refractivity contribution in [2.75, 3.05) is 13.1 Å². The Morgan fingerprint density at radius 2 is 2.41 bits per heavy atom. The first-order valence-electron chi connectivity index (χ1n) is 5.61. The normalized spacial score (nSPS) is 20.2. The molecule has 2 rings (SSSR count). The van der Waals surface area contributed by atoms with Crippen LogP contribution in [-0.2, 0) is 16.0 Å². The lowest BCUT2D eigenvalue weighted by atomic mass is 9.97. The maximum Gasteiger partial charge on any atom is 0.228 e. The summed E-state index contributed by atoms with van der Waals surface area (Å²) >= 11 is 1.48. The quantitative estimate of drug-likeness (QED) is 0.847. The zero-order valence-corrected chi connectivity index (χ0v) is 10.3. The maximum absolute atomic E-state index is 12.0. The molecule has 0 bridgehead atoms. The molecule has 0 spiro atoms. The van der Waals surface area contributed by atoms with Crippen LogP contribution in [0.1, 0.15) is 18.5 Å². The number of hydrogen-bond donors (Lipinski definition) is 1. The zero-order chi connectivity index (χ0) is 12.3. The van der Waals surface area contributed by atoms with Gasteiger partial charge in [0.25, 0.3) is 0 Å². The molecule has 1 unspecified atom stereocenters. The molecule has 2 N–H and O–H groups in total. The number of rotatable bonds is 3. The van der Waals surface area contributed by atoms with Gasteiger partial charge in [0.15, 0.2) is 0 Å². The van der Waals surface area contributed by atoms with Crippen molar-refractivity contribution in [3.63, 3.8) is 0 Å². The van der Waals surface area contributed by atoms with Crippen LogP contribution in [0.3, 0.4) is 0 Å². The van der Waals surface area contributed by atoms with Crippen LogP contribution < -0.4 is 5.73 Å². The standard InChI is InChI=1S/C11H15N3O2S/c12-11(16)8-2-1-3-14(5-8)10(15)4-9-6-17-7-13-9/h6-8H,1-5H2,(H2,12,16). The summed E-state index contributed by atoms with van der Waals surface area (Å²) in [4.78, 5) is 28.9. The fourth-order valence-electron chi connectivity index (χ4n) is 2.03. The molecule has 2 amide bonds. The van der Waals surface area contributed by atoms with E-state index in [1.165, 1.54) is 11.3 Å². The van der Waals surface area contributed by atoms with Gasteiger partial charge < -0.3 is 10.6 Å². The molecule has 2 heterocycles. The molecule has 1 fully saturated rings. The van der Waals surface area contributed by atoms with Crippen LogP contribution in [0.4, 0.5) is 0 Å². The molecule has 1 aliphatic rings. The highest BCUT2D eigenvalue weighted by Crippen LogP contribution is 2.17. The third kappa shape index (κ3) is 3.03. The molecule has 1 saturated heterocycles. The number of thiazole rings is 1. The summed E-state index contributed by atoms with van der Waals surface area (Å²) in [6.07, 6.45) is 1.95. The smallest absolute Gasteiger partial charge is 0.228 e. The van der Waals surface area contributed by atoms with Crippen molar-refractivity contribution in [3.8, 4) is 0 Å². The van der Waals surface area contributed by atoms with E-state index in [1.54, 1.807) is 10.4 Å². The van der Waals surface area contributed by atoms with Crippen LogP contribution in [0.25, 0.3) is 0 Å². The number of hydrogen-bond acceptors (Lipinski definition) is 4. The van der Waals surface area contributed by atoms with Crippen LogP contribution in [-0.4, -0.2) is 34.8 Å². The van der Waals surface area contributed by atoms with E-state index in [0.29, 0.717) is 19.5 Å². The Kier molecular flexibility index (Phi) is 3.73. The topological polar surface area (TPSA) is 76.3 Å². The summed E-state index contributed by atoms with van der Waals surface area (Å²) < 4.78 is 0. The number of aromatic nitrogens is 1. The number of piperidine rings is 1. The van der Waals surface area contributed by atoms with Gasteiger partial charge >= 0.3 is 0 Å². The number of primary amides is 1. The highest BCUT2D eigenvalue weighted by Gasteiger charge is 2.26. The van der Waals surface area contributed by atoms with Crippen molar-refractivity contribution in [2.24, 2.45) is 11.7 Å². The third-order valence-electron chi connectivity index (χ3n) is 2.99. The van der Waals surface area contributed by atoms with Gasteiger partial charge in [-0.1, -0.05) is 0 Å². The molecule has 6 heteroatoms. The molecule has 5 nitrogen and oxygen atoms in total. The number of carbonyl (C=O) groups is 2.